The Morgan fingerprint density at radius 2 is 1.83 bits per heavy atom. The minimum Gasteiger partial charge on any atom is -0.611 e. The molecule has 0 spiro atoms. The molecule has 1 amide bonds. The fourth-order valence-corrected chi connectivity index (χ4v) is 5.23. The van der Waals surface area contributed by atoms with Crippen LogP contribution in [0, 0.1) is 0 Å². The second-order valence-electron chi connectivity index (χ2n) is 8.59. The lowest BCUT2D eigenvalue weighted by Crippen LogP contribution is -2.26. The zero-order valence-electron chi connectivity index (χ0n) is 17.2. The van der Waals surface area contributed by atoms with Crippen LogP contribution in [-0.4, -0.2) is 22.8 Å². The molecule has 154 valence electrons. The van der Waals surface area contributed by atoms with Gasteiger partial charge in [-0.15, -0.1) is 0 Å². The standard InChI is InChI=1S/C24H29NO3S/c1-24(2)21-16-19(10-13-22(21)25-23(24)26)28-14-15-29(27)20-11-8-18(9-12-20)17-6-4-3-5-7-17/h8-13,16-17H,3-7,14-15H2,1-2H3,(H,25,26). The van der Waals surface area contributed by atoms with Gasteiger partial charge in [0, 0.05) is 5.69 Å². The van der Waals surface area contributed by atoms with Crippen LogP contribution in [0.3, 0.4) is 0 Å². The Labute approximate surface area is 176 Å². The quantitative estimate of drug-likeness (QED) is 0.669. The zero-order valence-corrected chi connectivity index (χ0v) is 18.0. The highest BCUT2D eigenvalue weighted by atomic mass is 32.2. The van der Waals surface area contributed by atoms with Gasteiger partial charge in [-0.05, 0) is 85.2 Å². The molecule has 2 aromatic carbocycles. The van der Waals surface area contributed by atoms with Gasteiger partial charge in [-0.25, -0.2) is 0 Å². The molecule has 29 heavy (non-hydrogen) atoms. The van der Waals surface area contributed by atoms with Crippen molar-refractivity contribution in [3.8, 4) is 5.75 Å². The summed E-state index contributed by atoms with van der Waals surface area (Å²) in [5.41, 5.74) is 2.61. The predicted molar refractivity (Wildman–Crippen MR) is 117 cm³/mol. The van der Waals surface area contributed by atoms with Crippen LogP contribution < -0.4 is 10.1 Å². The predicted octanol–water partition coefficient (Wildman–Crippen LogP) is 5.15. The Balaban J connectivity index is 1.32. The van der Waals surface area contributed by atoms with E-state index >= 15 is 0 Å². The first-order valence-electron chi connectivity index (χ1n) is 10.5. The second-order valence-corrected chi connectivity index (χ2v) is 10.2. The van der Waals surface area contributed by atoms with E-state index in [2.05, 4.69) is 17.4 Å². The van der Waals surface area contributed by atoms with Gasteiger partial charge in [-0.1, -0.05) is 31.4 Å². The van der Waals surface area contributed by atoms with Crippen molar-refractivity contribution in [2.75, 3.05) is 17.7 Å². The highest BCUT2D eigenvalue weighted by Gasteiger charge is 2.38. The summed E-state index contributed by atoms with van der Waals surface area (Å²) in [5, 5.41) is 2.90. The van der Waals surface area contributed by atoms with Gasteiger partial charge in [-0.2, -0.15) is 0 Å². The van der Waals surface area contributed by atoms with E-state index in [1.165, 1.54) is 37.7 Å². The number of hydrogen-bond acceptors (Lipinski definition) is 3. The molecule has 0 aromatic heterocycles. The number of rotatable bonds is 6. The van der Waals surface area contributed by atoms with E-state index in [0.29, 0.717) is 24.0 Å². The minimum atomic E-state index is -1.08. The lowest BCUT2D eigenvalue weighted by Gasteiger charge is -2.22. The first-order chi connectivity index (χ1) is 13.9. The van der Waals surface area contributed by atoms with E-state index in [1.54, 1.807) is 0 Å². The summed E-state index contributed by atoms with van der Waals surface area (Å²) in [7, 11) is 0. The highest BCUT2D eigenvalue weighted by molar-refractivity contribution is 7.91. The minimum absolute atomic E-state index is 0.00225. The molecule has 2 aromatic rings. The van der Waals surface area contributed by atoms with Gasteiger partial charge in [-0.3, -0.25) is 4.79 Å². The lowest BCUT2D eigenvalue weighted by atomic mass is 9.84. The monoisotopic (exact) mass is 411 g/mol. The molecule has 1 heterocycles. The fourth-order valence-electron chi connectivity index (χ4n) is 4.32. The van der Waals surface area contributed by atoms with Gasteiger partial charge in [0.05, 0.1) is 5.41 Å². The molecule has 1 aliphatic carbocycles. The zero-order chi connectivity index (χ0) is 20.4. The van der Waals surface area contributed by atoms with Crippen LogP contribution >= 0.6 is 0 Å². The highest BCUT2D eigenvalue weighted by Crippen LogP contribution is 2.39. The summed E-state index contributed by atoms with van der Waals surface area (Å²) in [5.74, 6) is 1.82. The molecule has 1 aliphatic heterocycles. The first-order valence-corrected chi connectivity index (χ1v) is 11.8. The van der Waals surface area contributed by atoms with Crippen LogP contribution in [0.25, 0.3) is 0 Å². The lowest BCUT2D eigenvalue weighted by molar-refractivity contribution is -0.119. The summed E-state index contributed by atoms with van der Waals surface area (Å²) in [6.07, 6.45) is 6.54. The summed E-state index contributed by atoms with van der Waals surface area (Å²) >= 11 is -1.08. The number of anilines is 1. The van der Waals surface area contributed by atoms with Gasteiger partial charge in [0.15, 0.2) is 4.90 Å². The van der Waals surface area contributed by atoms with Crippen LogP contribution in [0.4, 0.5) is 5.69 Å². The van der Waals surface area contributed by atoms with E-state index in [1.807, 2.05) is 44.2 Å². The van der Waals surface area contributed by atoms with Crippen LogP contribution in [0.5, 0.6) is 5.75 Å². The van der Waals surface area contributed by atoms with Gasteiger partial charge < -0.3 is 14.6 Å². The average molecular weight is 412 g/mol. The topological polar surface area (TPSA) is 61.4 Å². The molecule has 4 nitrogen and oxygen atoms in total. The summed E-state index contributed by atoms with van der Waals surface area (Å²) in [6, 6.07) is 14.0. The molecule has 1 unspecified atom stereocenters. The molecule has 5 heteroatoms. The van der Waals surface area contributed by atoms with Crippen molar-refractivity contribution in [2.24, 2.45) is 0 Å². The number of amides is 1. The molecule has 1 atom stereocenters. The van der Waals surface area contributed by atoms with Crippen LogP contribution in [0.15, 0.2) is 47.4 Å². The maximum Gasteiger partial charge on any atom is 0.234 e. The number of ether oxygens (including phenoxy) is 1. The van der Waals surface area contributed by atoms with E-state index in [9.17, 15) is 9.35 Å². The number of hydrogen-bond donors (Lipinski definition) is 1. The number of fused-ring (bicyclic) bond motifs is 1. The SMILES string of the molecule is CC1(C)C(=O)Nc2ccc(OCC[S+]([O-])c3ccc(C4CCCCC4)cc3)cc21. The van der Waals surface area contributed by atoms with Crippen molar-refractivity contribution in [3.63, 3.8) is 0 Å². The fraction of sp³-hybridized carbons (Fsp3) is 0.458. The van der Waals surface area contributed by atoms with E-state index in [4.69, 9.17) is 4.74 Å². The van der Waals surface area contributed by atoms with Gasteiger partial charge >= 0.3 is 0 Å². The molecular weight excluding hydrogens is 382 g/mol. The molecule has 1 N–H and O–H groups in total. The molecule has 1 saturated carbocycles. The molecular formula is C24H29NO3S. The van der Waals surface area contributed by atoms with Gasteiger partial charge in [0.2, 0.25) is 5.91 Å². The largest absolute Gasteiger partial charge is 0.611 e. The molecule has 0 bridgehead atoms. The van der Waals surface area contributed by atoms with E-state index in [0.717, 1.165) is 16.1 Å². The number of carbonyl (C=O) groups is 1. The Morgan fingerprint density at radius 3 is 2.55 bits per heavy atom. The average Bonchev–Trinajstić information content (AvgIpc) is 2.97. The molecule has 0 saturated heterocycles. The summed E-state index contributed by atoms with van der Waals surface area (Å²) < 4.78 is 18.5. The molecule has 0 radical (unpaired) electrons. The van der Waals surface area contributed by atoms with E-state index < -0.39 is 16.6 Å². The van der Waals surface area contributed by atoms with Crippen LogP contribution in [0.1, 0.15) is 63.0 Å². The summed E-state index contributed by atoms with van der Waals surface area (Å²) in [6.45, 7) is 4.19. The Bertz CT molecular complexity index is 872. The number of nitrogens with one attached hydrogen (secondary N) is 1. The Kier molecular flexibility index (Phi) is 5.88. The molecule has 4 rings (SSSR count). The third kappa shape index (κ3) is 4.31. The second kappa shape index (κ2) is 8.41. The van der Waals surface area contributed by atoms with Crippen molar-refractivity contribution >= 4 is 22.8 Å². The number of carbonyl (C=O) groups excluding carboxylic acids is 1. The van der Waals surface area contributed by atoms with Gasteiger partial charge in [0.1, 0.15) is 18.1 Å². The Hall–Kier alpha value is -1.98. The van der Waals surface area contributed by atoms with Crippen molar-refractivity contribution < 1.29 is 14.1 Å². The Morgan fingerprint density at radius 1 is 1.10 bits per heavy atom. The first kappa shape index (κ1) is 20.3. The van der Waals surface area contributed by atoms with Crippen molar-refractivity contribution in [1.82, 2.24) is 0 Å². The molecule has 1 fully saturated rings. The number of benzene rings is 2. The van der Waals surface area contributed by atoms with Gasteiger partial charge in [0.25, 0.3) is 0 Å². The van der Waals surface area contributed by atoms with Crippen molar-refractivity contribution in [2.45, 2.75) is 62.2 Å². The van der Waals surface area contributed by atoms with Crippen molar-refractivity contribution in [3.05, 3.63) is 53.6 Å². The molecule has 2 aliphatic rings. The van der Waals surface area contributed by atoms with Crippen LogP contribution in [-0.2, 0) is 21.4 Å². The van der Waals surface area contributed by atoms with Crippen LogP contribution in [0.2, 0.25) is 0 Å². The smallest absolute Gasteiger partial charge is 0.234 e. The summed E-state index contributed by atoms with van der Waals surface area (Å²) in [4.78, 5) is 12.9. The third-order valence-electron chi connectivity index (χ3n) is 6.24. The normalized spacial score (nSPS) is 19.5. The third-order valence-corrected chi connectivity index (χ3v) is 7.57. The van der Waals surface area contributed by atoms with E-state index in [-0.39, 0.29) is 5.91 Å². The van der Waals surface area contributed by atoms with Crippen molar-refractivity contribution in [1.29, 1.82) is 0 Å². The maximum absolute atomic E-state index is 12.6. The maximum atomic E-state index is 12.6.